The van der Waals surface area contributed by atoms with Crippen LogP contribution in [0.3, 0.4) is 0 Å². The van der Waals surface area contributed by atoms with Crippen LogP contribution in [0.25, 0.3) is 0 Å². The van der Waals surface area contributed by atoms with Crippen molar-refractivity contribution < 1.29 is 52.2 Å². The van der Waals surface area contributed by atoms with Crippen LogP contribution in [0.15, 0.2) is 85.1 Å². The van der Waals surface area contributed by atoms with Crippen molar-refractivity contribution in [1.29, 1.82) is 0 Å². The maximum absolute atomic E-state index is 12.9. The predicted octanol–water partition coefficient (Wildman–Crippen LogP) is 16.7. The third kappa shape index (κ3) is 51.6. The van der Waals surface area contributed by atoms with E-state index < -0.39 is 57.8 Å². The summed E-state index contributed by atoms with van der Waals surface area (Å²) in [4.78, 5) is 48.4. The largest absolute Gasteiger partial charge is 0.472 e. The molecule has 0 aliphatic rings. The number of hydrogen-bond donors (Lipinski definition) is 2. The van der Waals surface area contributed by atoms with Crippen LogP contribution in [0, 0.1) is 0 Å². The summed E-state index contributed by atoms with van der Waals surface area (Å²) in [6.07, 6.45) is 61.3. The van der Waals surface area contributed by atoms with Gasteiger partial charge in [0.25, 0.3) is 0 Å². The lowest BCUT2D eigenvalue weighted by Crippen LogP contribution is -2.30. The Labute approximate surface area is 439 Å². The van der Waals surface area contributed by atoms with E-state index in [9.17, 15) is 28.9 Å². The summed E-state index contributed by atoms with van der Waals surface area (Å²) in [6.45, 7) is 4.39. The van der Waals surface area contributed by atoms with Crippen LogP contribution in [0.5, 0.6) is 0 Å². The minimum absolute atomic E-state index is 0.0531. The number of unbranched alkanes of at least 4 members (excludes halogenated alkanes) is 21. The van der Waals surface area contributed by atoms with E-state index in [4.69, 9.17) is 23.3 Å². The molecule has 0 aliphatic carbocycles. The van der Waals surface area contributed by atoms with Crippen LogP contribution in [0.2, 0.25) is 0 Å². The van der Waals surface area contributed by atoms with E-state index in [1.807, 2.05) is 12.2 Å². The molecule has 72 heavy (non-hydrogen) atoms. The van der Waals surface area contributed by atoms with Crippen LogP contribution in [0.4, 0.5) is 0 Å². The van der Waals surface area contributed by atoms with Gasteiger partial charge in [-0.3, -0.25) is 23.4 Å². The summed E-state index contributed by atoms with van der Waals surface area (Å²) >= 11 is 0. The number of carbonyl (C=O) groups excluding carboxylic acids is 3. The number of allylic oxidation sites excluding steroid dienone is 14. The highest BCUT2D eigenvalue weighted by molar-refractivity contribution is 7.47. The number of aliphatic hydroxyl groups is 1. The van der Waals surface area contributed by atoms with Crippen LogP contribution in [0.1, 0.15) is 239 Å². The molecule has 0 radical (unpaired) electrons. The zero-order chi connectivity index (χ0) is 52.7. The molecule has 0 aliphatic heterocycles. The van der Waals surface area contributed by atoms with Crippen LogP contribution < -0.4 is 0 Å². The summed E-state index contributed by atoms with van der Waals surface area (Å²) in [7, 11) is -4.77. The SMILES string of the molecule is CC/C=C\C/C=C\C/C=C\C/C=C\CCC(=O)OC(CO)COP(=O)(O)OCC(COC(=O)CCCCCCC/C=C\CCCCCC)OC(=O)CCCCCCCCCCC/C=C\C/C=C\CCCCC. The van der Waals surface area contributed by atoms with Crippen molar-refractivity contribution in [3.05, 3.63) is 85.1 Å². The molecule has 0 amide bonds. The average Bonchev–Trinajstić information content (AvgIpc) is 3.37. The molecule has 0 fully saturated rings. The third-order valence-electron chi connectivity index (χ3n) is 11.8. The standard InChI is InChI=1S/C60H103O11P/c1-4-7-10-13-16-19-22-25-26-27-28-29-30-33-36-39-42-45-48-51-60(64)71-57(53-67-58(62)49-46-43-40-37-34-31-23-20-17-14-11-8-5-2)55-69-72(65,66)68-54-56(52-61)70-59(63)50-47-44-41-38-35-32-24-21-18-15-12-9-6-3/h9,12,16,18-21,23,25-26,32,35,41,44,56-57,61H,4-8,10-11,13-15,17,22,24,27-31,33-34,36-40,42-43,45-55H2,1-3H3,(H,65,66)/b12-9-,19-16-,21-18-,23-20-,26-25-,35-32-,44-41-. The zero-order valence-corrected chi connectivity index (χ0v) is 46.5. The first-order valence-electron chi connectivity index (χ1n) is 28.5. The number of carbonyl (C=O) groups is 3. The van der Waals surface area contributed by atoms with Gasteiger partial charge in [-0.1, -0.05) is 202 Å². The summed E-state index contributed by atoms with van der Waals surface area (Å²) in [5, 5.41) is 9.78. The number of esters is 3. The molecule has 3 unspecified atom stereocenters. The smallest absolute Gasteiger partial charge is 0.462 e. The number of rotatable bonds is 52. The molecule has 3 atom stereocenters. The van der Waals surface area contributed by atoms with Crippen molar-refractivity contribution in [1.82, 2.24) is 0 Å². The Morgan fingerprint density at radius 2 is 0.750 bits per heavy atom. The second-order valence-corrected chi connectivity index (χ2v) is 20.2. The predicted molar refractivity (Wildman–Crippen MR) is 298 cm³/mol. The monoisotopic (exact) mass is 1030 g/mol. The van der Waals surface area contributed by atoms with Crippen molar-refractivity contribution in [3.63, 3.8) is 0 Å². The summed E-state index contributed by atoms with van der Waals surface area (Å²) in [5.74, 6) is -1.57. The quantitative estimate of drug-likeness (QED) is 0.0197. The van der Waals surface area contributed by atoms with Gasteiger partial charge < -0.3 is 24.2 Å². The van der Waals surface area contributed by atoms with Crippen molar-refractivity contribution in [2.75, 3.05) is 26.4 Å². The molecular formula is C60H103O11P. The fourth-order valence-corrected chi connectivity index (χ4v) is 8.24. The Morgan fingerprint density at radius 3 is 1.24 bits per heavy atom. The molecule has 414 valence electrons. The van der Waals surface area contributed by atoms with E-state index in [1.54, 1.807) is 0 Å². The first kappa shape index (κ1) is 68.7. The van der Waals surface area contributed by atoms with E-state index in [1.165, 1.54) is 83.5 Å². The molecule has 0 aromatic rings. The highest BCUT2D eigenvalue weighted by atomic mass is 31.2. The fraction of sp³-hybridized carbons (Fsp3) is 0.717. The molecule has 0 bridgehead atoms. The molecule has 0 aromatic heterocycles. The van der Waals surface area contributed by atoms with Crippen molar-refractivity contribution in [2.45, 2.75) is 251 Å². The number of hydrogen-bond acceptors (Lipinski definition) is 10. The lowest BCUT2D eigenvalue weighted by atomic mass is 10.1. The molecule has 0 saturated heterocycles. The molecule has 0 spiro atoms. The Hall–Kier alpha value is -3.34. The van der Waals surface area contributed by atoms with Gasteiger partial charge in [0.1, 0.15) is 12.7 Å². The average molecular weight is 1030 g/mol. The zero-order valence-electron chi connectivity index (χ0n) is 45.6. The number of aliphatic hydroxyl groups excluding tert-OH is 1. The van der Waals surface area contributed by atoms with E-state index >= 15 is 0 Å². The summed E-state index contributed by atoms with van der Waals surface area (Å²) in [5.41, 5.74) is 0. The molecule has 2 N–H and O–H groups in total. The summed E-state index contributed by atoms with van der Waals surface area (Å²) in [6, 6.07) is 0. The van der Waals surface area contributed by atoms with Gasteiger partial charge in [-0.05, 0) is 103 Å². The van der Waals surface area contributed by atoms with Crippen LogP contribution >= 0.6 is 7.82 Å². The van der Waals surface area contributed by atoms with Crippen LogP contribution in [-0.2, 0) is 42.2 Å². The first-order valence-corrected chi connectivity index (χ1v) is 30.0. The van der Waals surface area contributed by atoms with Gasteiger partial charge in [0.05, 0.1) is 19.8 Å². The number of ether oxygens (including phenoxy) is 3. The van der Waals surface area contributed by atoms with E-state index in [-0.39, 0.29) is 25.9 Å². The van der Waals surface area contributed by atoms with Crippen molar-refractivity contribution >= 4 is 25.7 Å². The van der Waals surface area contributed by atoms with Gasteiger partial charge in [0.15, 0.2) is 6.10 Å². The normalized spacial score (nSPS) is 14.0. The topological polar surface area (TPSA) is 155 Å². The third-order valence-corrected chi connectivity index (χ3v) is 12.7. The van der Waals surface area contributed by atoms with E-state index in [2.05, 4.69) is 93.7 Å². The lowest BCUT2D eigenvalue weighted by Gasteiger charge is -2.21. The van der Waals surface area contributed by atoms with Crippen molar-refractivity contribution in [2.24, 2.45) is 0 Å². The maximum Gasteiger partial charge on any atom is 0.472 e. The fourth-order valence-electron chi connectivity index (χ4n) is 7.45. The molecule has 0 aromatic carbocycles. The molecule has 11 nitrogen and oxygen atoms in total. The molecule has 0 saturated carbocycles. The highest BCUT2D eigenvalue weighted by Crippen LogP contribution is 2.43. The summed E-state index contributed by atoms with van der Waals surface area (Å²) < 4.78 is 39.4. The Bertz CT molecular complexity index is 1530. The molecule has 0 heterocycles. The van der Waals surface area contributed by atoms with Crippen molar-refractivity contribution in [3.8, 4) is 0 Å². The first-order chi connectivity index (χ1) is 35.2. The lowest BCUT2D eigenvalue weighted by molar-refractivity contribution is -0.161. The molecule has 0 rings (SSSR count). The Kier molecular flexibility index (Phi) is 51.4. The van der Waals surface area contributed by atoms with Crippen LogP contribution in [-0.4, -0.2) is 66.5 Å². The minimum atomic E-state index is -4.77. The van der Waals surface area contributed by atoms with E-state index in [0.29, 0.717) is 19.3 Å². The highest BCUT2D eigenvalue weighted by Gasteiger charge is 2.28. The van der Waals surface area contributed by atoms with Gasteiger partial charge in [0, 0.05) is 19.3 Å². The molecular weight excluding hydrogens is 928 g/mol. The second kappa shape index (κ2) is 53.9. The minimum Gasteiger partial charge on any atom is -0.462 e. The van der Waals surface area contributed by atoms with Gasteiger partial charge in [-0.2, -0.15) is 0 Å². The van der Waals surface area contributed by atoms with Gasteiger partial charge in [0.2, 0.25) is 0 Å². The Morgan fingerprint density at radius 1 is 0.403 bits per heavy atom. The Balaban J connectivity index is 4.78. The molecule has 12 heteroatoms. The maximum atomic E-state index is 12.9. The van der Waals surface area contributed by atoms with E-state index in [0.717, 1.165) is 96.3 Å². The number of phosphoric acid groups is 1. The van der Waals surface area contributed by atoms with Gasteiger partial charge >= 0.3 is 25.7 Å². The number of phosphoric ester groups is 1. The second-order valence-electron chi connectivity index (χ2n) is 18.7. The van der Waals surface area contributed by atoms with Gasteiger partial charge in [-0.25, -0.2) is 4.57 Å². The van der Waals surface area contributed by atoms with Gasteiger partial charge in [-0.15, -0.1) is 0 Å².